The molecular weight excluding hydrogens is 411 g/mol. The molecule has 0 atom stereocenters. The molecule has 2 nitrogen and oxygen atoms in total. The summed E-state index contributed by atoms with van der Waals surface area (Å²) < 4.78 is 17.1. The van der Waals surface area contributed by atoms with Crippen LogP contribution in [0.3, 0.4) is 0 Å². The Morgan fingerprint density at radius 3 is 1.25 bits per heavy atom. The van der Waals surface area contributed by atoms with Gasteiger partial charge in [-0.15, -0.1) is 0 Å². The van der Waals surface area contributed by atoms with Crippen LogP contribution in [0.15, 0.2) is 0 Å². The average Bonchev–Trinajstić information content (AvgIpc) is 0.918. The monoisotopic (exact) mass is 411 g/mol. The van der Waals surface area contributed by atoms with Crippen molar-refractivity contribution in [1.82, 2.24) is 0 Å². The summed E-state index contributed by atoms with van der Waals surface area (Å²) in [4.78, 5) is 0. The Balaban J connectivity index is 0. The largest absolute Gasteiger partial charge is 0 e. The maximum Gasteiger partial charge on any atom is 0 e. The van der Waals surface area contributed by atoms with Gasteiger partial charge in [0.25, 0.3) is 0 Å². The Morgan fingerprint density at radius 1 is 1.25 bits per heavy atom. The van der Waals surface area contributed by atoms with E-state index in [0.29, 0.717) is 0 Å². The molecule has 28 valence electrons. The van der Waals surface area contributed by atoms with Crippen LogP contribution in [-0.4, -0.2) is 0 Å². The van der Waals surface area contributed by atoms with Gasteiger partial charge in [-0.3, -0.25) is 0 Å². The molecule has 0 aliphatic heterocycles. The van der Waals surface area contributed by atoms with E-state index in [2.05, 4.69) is 0 Å². The molecule has 0 aromatic heterocycles. The third kappa shape index (κ3) is 12.2. The molecule has 0 unspecified atom stereocenters. The van der Waals surface area contributed by atoms with E-state index in [1.807, 2.05) is 0 Å². The second kappa shape index (κ2) is 9.02. The van der Waals surface area contributed by atoms with Gasteiger partial charge in [-0.25, -0.2) is 0 Å². The maximum atomic E-state index is 8.54. The first-order chi connectivity index (χ1) is 1.41. The summed E-state index contributed by atoms with van der Waals surface area (Å²) in [6.45, 7) is 0. The van der Waals surface area contributed by atoms with E-state index >= 15 is 0 Å². The fourth-order valence-corrected chi connectivity index (χ4v) is 0. The quantitative estimate of drug-likeness (QED) is 0.552. The minimum Gasteiger partial charge on any atom is 0 e. The Labute approximate surface area is 46.4 Å². The van der Waals surface area contributed by atoms with E-state index in [1.165, 1.54) is 0 Å². The van der Waals surface area contributed by atoms with Gasteiger partial charge in [-0.05, 0) is 0 Å². The molecule has 0 aliphatic rings. The molecule has 0 rings (SSSR count). The molecule has 0 heterocycles. The van der Waals surface area contributed by atoms with Crippen molar-refractivity contribution in [3.8, 4) is 0 Å². The van der Waals surface area contributed by atoms with Gasteiger partial charge in [0.2, 0.25) is 0 Å². The minimum atomic E-state index is -2.25. The topological polar surface area (TPSA) is 34.1 Å². The van der Waals surface area contributed by atoms with Crippen LogP contribution in [0, 0.1) is 0 Å². The van der Waals surface area contributed by atoms with Gasteiger partial charge >= 0.3 is 25.3 Å². The van der Waals surface area contributed by atoms with Crippen molar-refractivity contribution in [2.24, 2.45) is 0 Å². The van der Waals surface area contributed by atoms with Crippen molar-refractivity contribution in [1.29, 1.82) is 0 Å². The first-order valence-corrected chi connectivity index (χ1v) is 2.73. The number of hydrogen-bond acceptors (Lipinski definition) is 2. The first kappa shape index (κ1) is 8.88. The fourth-order valence-electron chi connectivity index (χ4n) is 0. The van der Waals surface area contributed by atoms with Crippen LogP contribution >= 0.6 is 0 Å². The Morgan fingerprint density at radius 2 is 1.25 bits per heavy atom. The summed E-state index contributed by atoms with van der Waals surface area (Å²) >= 11 is -2.25. The molecule has 0 aliphatic carbocycles. The average molecular weight is 411 g/mol. The minimum absolute atomic E-state index is 0. The third-order valence-corrected chi connectivity index (χ3v) is 0. The van der Waals surface area contributed by atoms with E-state index in [-0.39, 0.29) is 21.1 Å². The van der Waals surface area contributed by atoms with Gasteiger partial charge in [0.1, 0.15) is 0 Å². The van der Waals surface area contributed by atoms with Crippen LogP contribution in [0.1, 0.15) is 0 Å². The standard InChI is InChI=1S/2O.Pt.W. The van der Waals surface area contributed by atoms with Gasteiger partial charge in [0.05, 0.1) is 0 Å². The van der Waals surface area contributed by atoms with Crippen molar-refractivity contribution in [2.45, 2.75) is 0 Å². The predicted octanol–water partition coefficient (Wildman–Crippen LogP) is -0.243. The van der Waals surface area contributed by atoms with Crippen LogP contribution in [-0.2, 0) is 46.3 Å². The molecule has 0 N–H and O–H groups in total. The molecule has 0 saturated heterocycles. The van der Waals surface area contributed by atoms with E-state index in [1.54, 1.807) is 0 Å². The van der Waals surface area contributed by atoms with Crippen LogP contribution < -0.4 is 0 Å². The van der Waals surface area contributed by atoms with Crippen molar-refractivity contribution < 1.29 is 46.3 Å². The molecule has 0 saturated carbocycles. The molecule has 4 heavy (non-hydrogen) atoms. The number of hydrogen-bond donors (Lipinski definition) is 0. The molecule has 0 radical (unpaired) electrons. The molecule has 0 aromatic rings. The van der Waals surface area contributed by atoms with E-state index in [0.717, 1.165) is 0 Å². The molecule has 0 amide bonds. The summed E-state index contributed by atoms with van der Waals surface area (Å²) in [5.41, 5.74) is 0. The van der Waals surface area contributed by atoms with E-state index in [9.17, 15) is 0 Å². The SMILES string of the molecule is [O]=[W]=[O].[Pt]. The molecule has 0 aromatic carbocycles. The fraction of sp³-hybridized carbons (Fsp3) is 0. The Hall–Kier alpha value is 0.977. The summed E-state index contributed by atoms with van der Waals surface area (Å²) in [5, 5.41) is 0. The second-order valence-corrected chi connectivity index (χ2v) is 0.557. The van der Waals surface area contributed by atoms with Crippen molar-refractivity contribution in [3.63, 3.8) is 0 Å². The molecule has 0 bridgehead atoms. The summed E-state index contributed by atoms with van der Waals surface area (Å²) in [6.07, 6.45) is 0. The van der Waals surface area contributed by atoms with Crippen LogP contribution in [0.25, 0.3) is 0 Å². The molecule has 0 fully saturated rings. The van der Waals surface area contributed by atoms with Crippen molar-refractivity contribution in [3.05, 3.63) is 0 Å². The van der Waals surface area contributed by atoms with Gasteiger partial charge in [0, 0.05) is 21.1 Å². The van der Waals surface area contributed by atoms with Crippen LogP contribution in [0.4, 0.5) is 0 Å². The van der Waals surface area contributed by atoms with Gasteiger partial charge < -0.3 is 0 Å². The summed E-state index contributed by atoms with van der Waals surface area (Å²) in [6, 6.07) is 0. The van der Waals surface area contributed by atoms with E-state index in [4.69, 9.17) is 6.80 Å². The number of rotatable bonds is 0. The second-order valence-electron chi connectivity index (χ2n) is 0.0680. The molecular formula is O2PtW. The zero-order chi connectivity index (χ0) is 2.71. The zero-order valence-electron chi connectivity index (χ0n) is 1.54. The molecule has 0 spiro atoms. The third-order valence-electron chi connectivity index (χ3n) is 0. The normalized spacial score (nSPS) is 3.00. The molecule has 4 heteroatoms. The van der Waals surface area contributed by atoms with Gasteiger partial charge in [-0.1, -0.05) is 0 Å². The van der Waals surface area contributed by atoms with Gasteiger partial charge in [-0.2, -0.15) is 0 Å². The van der Waals surface area contributed by atoms with Gasteiger partial charge in [0.15, 0.2) is 0 Å². The van der Waals surface area contributed by atoms with Crippen molar-refractivity contribution >= 4 is 0 Å². The maximum absolute atomic E-state index is 8.54. The Bertz CT molecular complexity index is 27.0. The smallest absolute Gasteiger partial charge is 0 e. The predicted molar refractivity (Wildman–Crippen MR) is 1.37 cm³/mol. The van der Waals surface area contributed by atoms with Crippen molar-refractivity contribution in [2.75, 3.05) is 0 Å². The zero-order valence-corrected chi connectivity index (χ0v) is 6.75. The van der Waals surface area contributed by atoms with Crippen LogP contribution in [0.5, 0.6) is 0 Å². The van der Waals surface area contributed by atoms with E-state index < -0.39 is 18.5 Å². The first-order valence-electron chi connectivity index (χ1n) is 0.333. The summed E-state index contributed by atoms with van der Waals surface area (Å²) in [7, 11) is 0. The summed E-state index contributed by atoms with van der Waals surface area (Å²) in [5.74, 6) is 0. The van der Waals surface area contributed by atoms with Crippen LogP contribution in [0.2, 0.25) is 0 Å². The Kier molecular flexibility index (Phi) is 20.0.